The average molecular weight is 608 g/mol. The van der Waals surface area contributed by atoms with Crippen LogP contribution in [0.25, 0.3) is 0 Å². The standard InChI is InChI=1S/C32H53N3O8/c1-19(2)11-14-23(36)18-26(37)27(20(3)4)34-29(38)28(35-31(40)43-32(6,7)8)21(5)42-30(39)25(33-9)17-22-12-15-24(41-10)16-13-22/h12-13,15-16,19-21,25-28,33,37H,11,14,17-18H2,1-10H3,(H,34,38)(H,35,40)/t21-,25+,26+,27-,28+/m1/s1. The summed E-state index contributed by atoms with van der Waals surface area (Å²) >= 11 is 0. The number of carbonyl (C=O) groups is 4. The molecule has 0 aliphatic heterocycles. The molecule has 11 heteroatoms. The zero-order valence-electron chi connectivity index (χ0n) is 27.5. The van der Waals surface area contributed by atoms with Crippen LogP contribution < -0.4 is 20.7 Å². The van der Waals surface area contributed by atoms with E-state index in [2.05, 4.69) is 16.0 Å². The van der Waals surface area contributed by atoms with Crippen molar-refractivity contribution in [3.63, 3.8) is 0 Å². The third-order valence-electron chi connectivity index (χ3n) is 6.84. The van der Waals surface area contributed by atoms with Crippen LogP contribution in [-0.2, 0) is 30.3 Å². The first kappa shape index (κ1) is 37.8. The van der Waals surface area contributed by atoms with Gasteiger partial charge < -0.3 is 35.3 Å². The van der Waals surface area contributed by atoms with Gasteiger partial charge >= 0.3 is 12.1 Å². The molecule has 5 atom stereocenters. The van der Waals surface area contributed by atoms with Gasteiger partial charge in [-0.25, -0.2) is 4.79 Å². The number of aliphatic hydroxyl groups is 1. The normalized spacial score (nSPS) is 15.2. The highest BCUT2D eigenvalue weighted by Crippen LogP contribution is 2.16. The minimum Gasteiger partial charge on any atom is -0.497 e. The van der Waals surface area contributed by atoms with Crippen molar-refractivity contribution in [3.05, 3.63) is 29.8 Å². The van der Waals surface area contributed by atoms with Crippen LogP contribution in [0.3, 0.4) is 0 Å². The molecule has 0 aromatic heterocycles. The fourth-order valence-corrected chi connectivity index (χ4v) is 4.34. The van der Waals surface area contributed by atoms with E-state index < -0.39 is 53.9 Å². The molecule has 0 fully saturated rings. The zero-order valence-corrected chi connectivity index (χ0v) is 27.5. The Labute approximate surface area is 256 Å². The van der Waals surface area contributed by atoms with Crippen LogP contribution in [-0.4, -0.2) is 79.0 Å². The van der Waals surface area contributed by atoms with Crippen molar-refractivity contribution >= 4 is 23.8 Å². The third kappa shape index (κ3) is 14.2. The Morgan fingerprint density at radius 3 is 2.05 bits per heavy atom. The molecule has 43 heavy (non-hydrogen) atoms. The van der Waals surface area contributed by atoms with Gasteiger partial charge in [-0.05, 0) is 77.1 Å². The van der Waals surface area contributed by atoms with Gasteiger partial charge in [0.2, 0.25) is 5.91 Å². The SMILES string of the molecule is CN[C@@H](Cc1ccc(OC)cc1)C(=O)O[C@H](C)[C@H](NC(=O)OC(C)(C)C)C(=O)N[C@H](C(C)C)[C@@H](O)CC(=O)CCC(C)C. The molecule has 0 heterocycles. The molecule has 0 unspecified atom stereocenters. The highest BCUT2D eigenvalue weighted by molar-refractivity contribution is 5.87. The van der Waals surface area contributed by atoms with E-state index in [9.17, 15) is 24.3 Å². The fourth-order valence-electron chi connectivity index (χ4n) is 4.34. The molecule has 0 aliphatic rings. The first-order valence-corrected chi connectivity index (χ1v) is 15.0. The van der Waals surface area contributed by atoms with E-state index in [1.807, 2.05) is 39.8 Å². The monoisotopic (exact) mass is 607 g/mol. The van der Waals surface area contributed by atoms with Gasteiger partial charge in [-0.15, -0.1) is 0 Å². The minimum atomic E-state index is -1.35. The van der Waals surface area contributed by atoms with Gasteiger partial charge in [-0.1, -0.05) is 39.8 Å². The lowest BCUT2D eigenvalue weighted by Gasteiger charge is -2.32. The highest BCUT2D eigenvalue weighted by atomic mass is 16.6. The first-order valence-electron chi connectivity index (χ1n) is 15.0. The number of alkyl carbamates (subject to hydrolysis) is 1. The lowest BCUT2D eigenvalue weighted by Crippen LogP contribution is -2.59. The second kappa shape index (κ2) is 17.8. The minimum absolute atomic E-state index is 0.0956. The number of benzene rings is 1. The predicted octanol–water partition coefficient (Wildman–Crippen LogP) is 3.55. The van der Waals surface area contributed by atoms with E-state index in [0.717, 1.165) is 5.56 Å². The van der Waals surface area contributed by atoms with Crippen LogP contribution >= 0.6 is 0 Å². The molecule has 2 amide bonds. The van der Waals surface area contributed by atoms with Gasteiger partial charge in [0.1, 0.15) is 35.3 Å². The van der Waals surface area contributed by atoms with Crippen LogP contribution in [0.15, 0.2) is 24.3 Å². The molecule has 0 bridgehead atoms. The number of Topliss-reactive ketones (excluding diaryl/α,β-unsaturated/α-hetero) is 1. The summed E-state index contributed by atoms with van der Waals surface area (Å²) in [7, 11) is 3.19. The summed E-state index contributed by atoms with van der Waals surface area (Å²) in [6, 6.07) is 4.39. The van der Waals surface area contributed by atoms with Gasteiger partial charge in [0.05, 0.1) is 19.3 Å². The Balaban J connectivity index is 3.10. The zero-order chi connectivity index (χ0) is 32.9. The van der Waals surface area contributed by atoms with E-state index >= 15 is 0 Å². The average Bonchev–Trinajstić information content (AvgIpc) is 2.90. The maximum Gasteiger partial charge on any atom is 0.408 e. The molecule has 0 aliphatic carbocycles. The molecular weight excluding hydrogens is 554 g/mol. The summed E-state index contributed by atoms with van der Waals surface area (Å²) < 4.78 is 16.2. The van der Waals surface area contributed by atoms with Gasteiger partial charge in [0.15, 0.2) is 0 Å². The fraction of sp³-hybridized carbons (Fsp3) is 0.688. The summed E-state index contributed by atoms with van der Waals surface area (Å²) in [5.41, 5.74) is 0.0239. The number of methoxy groups -OCH3 is 1. The predicted molar refractivity (Wildman–Crippen MR) is 165 cm³/mol. The first-order chi connectivity index (χ1) is 20.0. The molecule has 1 aromatic rings. The van der Waals surface area contributed by atoms with Gasteiger partial charge in [-0.2, -0.15) is 0 Å². The molecule has 11 nitrogen and oxygen atoms in total. The number of esters is 1. The third-order valence-corrected chi connectivity index (χ3v) is 6.84. The van der Waals surface area contributed by atoms with Crippen molar-refractivity contribution in [2.24, 2.45) is 11.8 Å². The van der Waals surface area contributed by atoms with Crippen LogP contribution in [0.2, 0.25) is 0 Å². The van der Waals surface area contributed by atoms with Crippen molar-refractivity contribution in [1.29, 1.82) is 0 Å². The molecule has 0 spiro atoms. The summed E-state index contributed by atoms with van der Waals surface area (Å²) in [5.74, 6) is -0.602. The summed E-state index contributed by atoms with van der Waals surface area (Å²) in [6.07, 6.45) is -1.86. The maximum absolute atomic E-state index is 13.6. The lowest BCUT2D eigenvalue weighted by atomic mass is 9.92. The molecule has 0 saturated heterocycles. The highest BCUT2D eigenvalue weighted by Gasteiger charge is 2.36. The number of amides is 2. The van der Waals surface area contributed by atoms with Crippen molar-refractivity contribution < 1.29 is 38.5 Å². The maximum atomic E-state index is 13.6. The van der Waals surface area contributed by atoms with Gasteiger partial charge in [0, 0.05) is 12.8 Å². The van der Waals surface area contributed by atoms with Crippen molar-refractivity contribution in [2.75, 3.05) is 14.2 Å². The van der Waals surface area contributed by atoms with E-state index in [4.69, 9.17) is 14.2 Å². The lowest BCUT2D eigenvalue weighted by molar-refractivity contribution is -0.153. The van der Waals surface area contributed by atoms with Gasteiger partial charge in [-0.3, -0.25) is 14.4 Å². The van der Waals surface area contributed by atoms with E-state index in [1.165, 1.54) is 6.92 Å². The Kier molecular flexibility index (Phi) is 15.7. The second-order valence-corrected chi connectivity index (χ2v) is 12.7. The molecule has 1 aromatic carbocycles. The van der Waals surface area contributed by atoms with E-state index in [0.29, 0.717) is 30.9 Å². The molecule has 1 rings (SSSR count). The number of hydrogen-bond acceptors (Lipinski definition) is 9. The number of nitrogens with one attached hydrogen (secondary N) is 3. The Hall–Kier alpha value is -3.18. The molecule has 4 N–H and O–H groups in total. The number of carbonyl (C=O) groups excluding carboxylic acids is 4. The quantitative estimate of drug-likeness (QED) is 0.195. The molecule has 0 saturated carbocycles. The van der Waals surface area contributed by atoms with E-state index in [1.54, 1.807) is 47.1 Å². The van der Waals surface area contributed by atoms with Crippen molar-refractivity contribution in [3.8, 4) is 5.75 Å². The second-order valence-electron chi connectivity index (χ2n) is 12.7. The smallest absolute Gasteiger partial charge is 0.408 e. The molecule has 0 radical (unpaired) electrons. The Morgan fingerprint density at radius 1 is 0.953 bits per heavy atom. The van der Waals surface area contributed by atoms with Crippen molar-refractivity contribution in [1.82, 2.24) is 16.0 Å². The largest absolute Gasteiger partial charge is 0.497 e. The van der Waals surface area contributed by atoms with Crippen LogP contribution in [0, 0.1) is 11.8 Å². The Bertz CT molecular complexity index is 1040. The number of ether oxygens (including phenoxy) is 3. The number of hydrogen-bond donors (Lipinski definition) is 4. The number of aliphatic hydroxyl groups excluding tert-OH is 1. The summed E-state index contributed by atoms with van der Waals surface area (Å²) in [5, 5.41) is 19.1. The van der Waals surface area contributed by atoms with Crippen LogP contribution in [0.5, 0.6) is 5.75 Å². The van der Waals surface area contributed by atoms with E-state index in [-0.39, 0.29) is 18.1 Å². The molecule has 244 valence electrons. The number of likely N-dealkylation sites (N-methyl/N-ethyl adjacent to an activating group) is 1. The summed E-state index contributed by atoms with van der Waals surface area (Å²) in [4.78, 5) is 51.9. The van der Waals surface area contributed by atoms with Crippen molar-refractivity contribution in [2.45, 2.75) is 117 Å². The summed E-state index contributed by atoms with van der Waals surface area (Å²) in [6.45, 7) is 14.2. The van der Waals surface area contributed by atoms with Crippen LogP contribution in [0.4, 0.5) is 4.79 Å². The molecular formula is C32H53N3O8. The van der Waals surface area contributed by atoms with Gasteiger partial charge in [0.25, 0.3) is 0 Å². The van der Waals surface area contributed by atoms with Crippen LogP contribution in [0.1, 0.15) is 80.2 Å². The topological polar surface area (TPSA) is 152 Å². The Morgan fingerprint density at radius 2 is 1.56 bits per heavy atom. The number of ketones is 1. The number of rotatable bonds is 17.